The van der Waals surface area contributed by atoms with Crippen molar-refractivity contribution in [2.45, 2.75) is 4.34 Å². The maximum absolute atomic E-state index is 12.2. The van der Waals surface area contributed by atoms with E-state index in [1.807, 2.05) is 4.90 Å². The van der Waals surface area contributed by atoms with Gasteiger partial charge in [-0.05, 0) is 12.1 Å². The van der Waals surface area contributed by atoms with E-state index in [4.69, 9.17) is 0 Å². The molecule has 0 N–H and O–H groups in total. The summed E-state index contributed by atoms with van der Waals surface area (Å²) in [5, 5.41) is 18.3. The number of nitro groups is 1. The van der Waals surface area contributed by atoms with Crippen LogP contribution in [0.3, 0.4) is 0 Å². The van der Waals surface area contributed by atoms with Crippen LogP contribution in [0.25, 0.3) is 0 Å². The Kier molecular flexibility index (Phi) is 5.26. The van der Waals surface area contributed by atoms with Crippen molar-refractivity contribution in [2.75, 3.05) is 36.8 Å². The van der Waals surface area contributed by atoms with Crippen LogP contribution in [0.4, 0.5) is 11.4 Å². The molecule has 126 valence electrons. The molecule has 1 amide bonds. The Bertz CT molecular complexity index is 700. The number of anilines is 1. The van der Waals surface area contributed by atoms with E-state index in [1.54, 1.807) is 17.6 Å². The Hall–Kier alpha value is -2.20. The highest BCUT2D eigenvalue weighted by Gasteiger charge is 2.22. The lowest BCUT2D eigenvalue weighted by Crippen LogP contribution is -2.49. The van der Waals surface area contributed by atoms with Gasteiger partial charge < -0.3 is 9.80 Å². The van der Waals surface area contributed by atoms with Crippen LogP contribution in [0.5, 0.6) is 0 Å². The van der Waals surface area contributed by atoms with Crippen molar-refractivity contribution in [1.82, 2.24) is 15.1 Å². The number of thioether (sulfide) groups is 1. The first-order valence-electron chi connectivity index (χ1n) is 7.29. The largest absolute Gasteiger partial charge is 0.368 e. The molecule has 1 aromatic heterocycles. The summed E-state index contributed by atoms with van der Waals surface area (Å²) in [5.41, 5.74) is 2.67. The second-order valence-electron chi connectivity index (χ2n) is 5.13. The van der Waals surface area contributed by atoms with Gasteiger partial charge in [-0.15, -0.1) is 10.2 Å². The van der Waals surface area contributed by atoms with E-state index in [1.165, 1.54) is 35.2 Å². The summed E-state index contributed by atoms with van der Waals surface area (Å²) in [4.78, 5) is 26.5. The molecule has 24 heavy (non-hydrogen) atoms. The molecule has 2 aromatic rings. The standard InChI is InChI=1S/C14H15N5O3S2/c20-13(9-23-14-16-15-10-24-14)18-7-5-17(6-8-18)11-1-3-12(4-2-11)19(21)22/h1-4,10H,5-9H2. The lowest BCUT2D eigenvalue weighted by Gasteiger charge is -2.36. The summed E-state index contributed by atoms with van der Waals surface area (Å²) < 4.78 is 0.799. The van der Waals surface area contributed by atoms with Crippen molar-refractivity contribution >= 4 is 40.4 Å². The first-order chi connectivity index (χ1) is 11.6. The fourth-order valence-corrected chi connectivity index (χ4v) is 3.83. The fourth-order valence-electron chi connectivity index (χ4n) is 2.44. The highest BCUT2D eigenvalue weighted by atomic mass is 32.2. The minimum atomic E-state index is -0.407. The van der Waals surface area contributed by atoms with Gasteiger partial charge in [0.15, 0.2) is 4.34 Å². The highest BCUT2D eigenvalue weighted by Crippen LogP contribution is 2.22. The molecule has 8 nitrogen and oxygen atoms in total. The topological polar surface area (TPSA) is 92.5 Å². The Labute approximate surface area is 146 Å². The van der Waals surface area contributed by atoms with Crippen LogP contribution >= 0.6 is 23.1 Å². The van der Waals surface area contributed by atoms with Gasteiger partial charge in [0.05, 0.1) is 10.7 Å². The van der Waals surface area contributed by atoms with Crippen molar-refractivity contribution in [1.29, 1.82) is 0 Å². The number of non-ortho nitro benzene ring substituents is 1. The zero-order chi connectivity index (χ0) is 16.9. The van der Waals surface area contributed by atoms with Crippen molar-refractivity contribution < 1.29 is 9.72 Å². The molecule has 0 unspecified atom stereocenters. The fraction of sp³-hybridized carbons (Fsp3) is 0.357. The number of nitro benzene ring substituents is 1. The molecule has 1 fully saturated rings. The van der Waals surface area contributed by atoms with Gasteiger partial charge in [-0.3, -0.25) is 14.9 Å². The van der Waals surface area contributed by atoms with Crippen LogP contribution < -0.4 is 4.90 Å². The monoisotopic (exact) mass is 365 g/mol. The SMILES string of the molecule is O=C(CSc1nncs1)N1CCN(c2ccc([N+](=O)[O-])cc2)CC1. The summed E-state index contributed by atoms with van der Waals surface area (Å²) in [7, 11) is 0. The predicted molar refractivity (Wildman–Crippen MR) is 92.5 cm³/mol. The number of benzene rings is 1. The summed E-state index contributed by atoms with van der Waals surface area (Å²) in [6.07, 6.45) is 0. The molecular formula is C14H15N5O3S2. The third-order valence-corrected chi connectivity index (χ3v) is 5.56. The number of piperazine rings is 1. The number of amides is 1. The number of nitrogens with zero attached hydrogens (tertiary/aromatic N) is 5. The van der Waals surface area contributed by atoms with Crippen LogP contribution in [-0.4, -0.2) is 57.9 Å². The van der Waals surface area contributed by atoms with Gasteiger partial charge in [0.2, 0.25) is 5.91 Å². The van der Waals surface area contributed by atoms with Crippen LogP contribution in [0.2, 0.25) is 0 Å². The molecule has 0 bridgehead atoms. The maximum Gasteiger partial charge on any atom is 0.269 e. The highest BCUT2D eigenvalue weighted by molar-refractivity contribution is 8.01. The Morgan fingerprint density at radius 2 is 1.96 bits per heavy atom. The van der Waals surface area contributed by atoms with Gasteiger partial charge >= 0.3 is 0 Å². The van der Waals surface area contributed by atoms with Crippen molar-refractivity contribution in [3.8, 4) is 0 Å². The van der Waals surface area contributed by atoms with E-state index in [0.29, 0.717) is 31.9 Å². The number of rotatable bonds is 5. The molecule has 1 aromatic carbocycles. The summed E-state index contributed by atoms with van der Waals surface area (Å²) in [5.74, 6) is 0.464. The molecule has 10 heteroatoms. The molecule has 3 rings (SSSR count). The predicted octanol–water partition coefficient (Wildman–Crippen LogP) is 1.89. The first kappa shape index (κ1) is 16.7. The van der Waals surface area contributed by atoms with E-state index >= 15 is 0 Å². The lowest BCUT2D eigenvalue weighted by molar-refractivity contribution is -0.384. The van der Waals surface area contributed by atoms with Crippen molar-refractivity contribution in [2.24, 2.45) is 0 Å². The molecule has 0 radical (unpaired) electrons. The van der Waals surface area contributed by atoms with Gasteiger partial charge in [0.1, 0.15) is 5.51 Å². The van der Waals surface area contributed by atoms with Crippen LogP contribution in [0, 0.1) is 10.1 Å². The quantitative estimate of drug-likeness (QED) is 0.454. The number of carbonyl (C=O) groups is 1. The zero-order valence-corrected chi connectivity index (χ0v) is 14.3. The van der Waals surface area contributed by atoms with Crippen LogP contribution in [-0.2, 0) is 4.79 Å². The van der Waals surface area contributed by atoms with Crippen LogP contribution in [0.1, 0.15) is 0 Å². The van der Waals surface area contributed by atoms with Gasteiger partial charge in [0.25, 0.3) is 5.69 Å². The molecule has 1 aliphatic heterocycles. The molecule has 0 atom stereocenters. The second kappa shape index (κ2) is 7.58. The van der Waals surface area contributed by atoms with Gasteiger partial charge in [-0.2, -0.15) is 0 Å². The molecule has 0 spiro atoms. The van der Waals surface area contributed by atoms with Gasteiger partial charge in [-0.25, -0.2) is 0 Å². The molecule has 0 aliphatic carbocycles. The average Bonchev–Trinajstić information content (AvgIpc) is 3.13. The summed E-state index contributed by atoms with van der Waals surface area (Å²) in [6.45, 7) is 2.72. The first-order valence-corrected chi connectivity index (χ1v) is 9.16. The Morgan fingerprint density at radius 1 is 1.25 bits per heavy atom. The second-order valence-corrected chi connectivity index (χ2v) is 7.19. The van der Waals surface area contributed by atoms with E-state index in [2.05, 4.69) is 15.1 Å². The van der Waals surface area contributed by atoms with Crippen molar-refractivity contribution in [3.05, 3.63) is 39.9 Å². The molecule has 2 heterocycles. The number of carbonyl (C=O) groups excluding carboxylic acids is 1. The smallest absolute Gasteiger partial charge is 0.269 e. The zero-order valence-electron chi connectivity index (χ0n) is 12.7. The third kappa shape index (κ3) is 4.01. The molecule has 1 saturated heterocycles. The van der Waals surface area contributed by atoms with E-state index < -0.39 is 4.92 Å². The molecule has 1 aliphatic rings. The van der Waals surface area contributed by atoms with E-state index in [0.717, 1.165) is 10.0 Å². The minimum absolute atomic E-state index is 0.0845. The van der Waals surface area contributed by atoms with Crippen molar-refractivity contribution in [3.63, 3.8) is 0 Å². The lowest BCUT2D eigenvalue weighted by atomic mass is 10.2. The van der Waals surface area contributed by atoms with Gasteiger partial charge in [0, 0.05) is 44.0 Å². The molecule has 0 saturated carbocycles. The Balaban J connectivity index is 1.49. The van der Waals surface area contributed by atoms with Gasteiger partial charge in [-0.1, -0.05) is 23.1 Å². The number of hydrogen-bond acceptors (Lipinski definition) is 8. The normalized spacial score (nSPS) is 14.7. The number of hydrogen-bond donors (Lipinski definition) is 0. The van der Waals surface area contributed by atoms with E-state index in [9.17, 15) is 14.9 Å². The average molecular weight is 365 g/mol. The molecular weight excluding hydrogens is 350 g/mol. The summed E-state index contributed by atoms with van der Waals surface area (Å²) in [6, 6.07) is 6.51. The summed E-state index contributed by atoms with van der Waals surface area (Å²) >= 11 is 2.83. The number of aromatic nitrogens is 2. The third-order valence-electron chi connectivity index (χ3n) is 3.72. The Morgan fingerprint density at radius 3 is 2.54 bits per heavy atom. The minimum Gasteiger partial charge on any atom is -0.368 e. The van der Waals surface area contributed by atoms with E-state index in [-0.39, 0.29) is 11.6 Å². The maximum atomic E-state index is 12.2. The van der Waals surface area contributed by atoms with Crippen LogP contribution in [0.15, 0.2) is 34.1 Å².